The first-order valence-corrected chi connectivity index (χ1v) is 28.9. The van der Waals surface area contributed by atoms with Crippen LogP contribution in [0.2, 0.25) is 0 Å². The van der Waals surface area contributed by atoms with Crippen molar-refractivity contribution in [3.05, 3.63) is 109 Å². The van der Waals surface area contributed by atoms with Gasteiger partial charge in [0.1, 0.15) is 13.2 Å². The molecule has 398 valence electrons. The van der Waals surface area contributed by atoms with Gasteiger partial charge in [0.25, 0.3) is 0 Å². The molecule has 0 bridgehead atoms. The Labute approximate surface area is 431 Å². The third kappa shape index (κ3) is 55.0. The van der Waals surface area contributed by atoms with E-state index in [2.05, 4.69) is 130 Å². The van der Waals surface area contributed by atoms with Crippen LogP contribution in [0.4, 0.5) is 0 Å². The van der Waals surface area contributed by atoms with Crippen molar-refractivity contribution in [1.82, 2.24) is 0 Å². The molecule has 0 fully saturated rings. The highest BCUT2D eigenvalue weighted by Gasteiger charge is 2.19. The van der Waals surface area contributed by atoms with Gasteiger partial charge in [0.05, 0.1) is 0 Å². The SMILES string of the molecule is CC/C=C\C/C=C\C/C=C\C/C=C\C/C=C\C/C=C\C/C=C\C/C=C\CCCCCCCCCCC(=O)OCC(COC(=O)CCCCCCCC)OC(=O)CCCCCCC/C=C\CCCCCC. The van der Waals surface area contributed by atoms with Crippen LogP contribution in [0.5, 0.6) is 0 Å². The van der Waals surface area contributed by atoms with Crippen molar-refractivity contribution >= 4 is 17.9 Å². The molecule has 1 atom stereocenters. The van der Waals surface area contributed by atoms with E-state index in [0.29, 0.717) is 19.3 Å². The Morgan fingerprint density at radius 2 is 0.557 bits per heavy atom. The first kappa shape index (κ1) is 66.1. The highest BCUT2D eigenvalue weighted by molar-refractivity contribution is 5.71. The molecule has 0 rings (SSSR count). The maximum atomic E-state index is 12.7. The minimum atomic E-state index is -0.782. The van der Waals surface area contributed by atoms with Crippen LogP contribution in [0.25, 0.3) is 0 Å². The summed E-state index contributed by atoms with van der Waals surface area (Å²) in [6.45, 7) is 6.43. The third-order valence-corrected chi connectivity index (χ3v) is 12.0. The van der Waals surface area contributed by atoms with Crippen LogP contribution < -0.4 is 0 Å². The summed E-state index contributed by atoms with van der Waals surface area (Å²) >= 11 is 0. The van der Waals surface area contributed by atoms with Gasteiger partial charge in [0.2, 0.25) is 0 Å². The van der Waals surface area contributed by atoms with E-state index in [9.17, 15) is 14.4 Å². The van der Waals surface area contributed by atoms with Gasteiger partial charge in [-0.3, -0.25) is 14.4 Å². The summed E-state index contributed by atoms with van der Waals surface area (Å²) in [5.41, 5.74) is 0. The second kappa shape index (κ2) is 57.6. The minimum Gasteiger partial charge on any atom is -0.462 e. The molecule has 0 aromatic heterocycles. The Morgan fingerprint density at radius 3 is 0.900 bits per heavy atom. The van der Waals surface area contributed by atoms with Crippen LogP contribution in [0.15, 0.2) is 109 Å². The van der Waals surface area contributed by atoms with Crippen LogP contribution in [0.3, 0.4) is 0 Å². The molecule has 0 aliphatic rings. The van der Waals surface area contributed by atoms with Crippen LogP contribution in [-0.4, -0.2) is 37.2 Å². The molecule has 6 nitrogen and oxygen atoms in total. The Hall–Kier alpha value is -3.93. The van der Waals surface area contributed by atoms with Gasteiger partial charge in [-0.1, -0.05) is 239 Å². The Kier molecular flexibility index (Phi) is 54.4. The zero-order valence-electron chi connectivity index (χ0n) is 45.5. The molecular weight excluding hydrogens is 865 g/mol. The summed E-state index contributed by atoms with van der Waals surface area (Å²) < 4.78 is 16.7. The van der Waals surface area contributed by atoms with Gasteiger partial charge in [-0.05, 0) is 109 Å². The van der Waals surface area contributed by atoms with Gasteiger partial charge in [-0.2, -0.15) is 0 Å². The van der Waals surface area contributed by atoms with Crippen LogP contribution in [0, 0.1) is 0 Å². The summed E-state index contributed by atoms with van der Waals surface area (Å²) in [6.07, 6.45) is 78.3. The normalized spacial score (nSPS) is 12.9. The van der Waals surface area contributed by atoms with Crippen LogP contribution in [0.1, 0.15) is 258 Å². The monoisotopic (exact) mass is 971 g/mol. The lowest BCUT2D eigenvalue weighted by molar-refractivity contribution is -0.167. The molecule has 0 aliphatic carbocycles. The fourth-order valence-electron chi connectivity index (χ4n) is 7.69. The van der Waals surface area contributed by atoms with Crippen LogP contribution >= 0.6 is 0 Å². The first-order valence-electron chi connectivity index (χ1n) is 28.9. The van der Waals surface area contributed by atoms with Crippen molar-refractivity contribution in [3.8, 4) is 0 Å². The average molecular weight is 972 g/mol. The molecule has 0 aromatic rings. The zero-order valence-corrected chi connectivity index (χ0v) is 45.5. The second-order valence-electron chi connectivity index (χ2n) is 18.8. The molecule has 0 saturated carbocycles. The zero-order chi connectivity index (χ0) is 50.7. The van der Waals surface area contributed by atoms with Gasteiger partial charge in [0, 0.05) is 19.3 Å². The summed E-state index contributed by atoms with van der Waals surface area (Å²) in [5.74, 6) is -0.912. The molecule has 0 radical (unpaired) electrons. The number of ether oxygens (including phenoxy) is 3. The van der Waals surface area contributed by atoms with E-state index < -0.39 is 6.10 Å². The van der Waals surface area contributed by atoms with Crippen molar-refractivity contribution in [3.63, 3.8) is 0 Å². The summed E-state index contributed by atoms with van der Waals surface area (Å²) in [7, 11) is 0. The lowest BCUT2D eigenvalue weighted by Gasteiger charge is -2.18. The predicted octanol–water partition coefficient (Wildman–Crippen LogP) is 19.5. The molecular formula is C64H106O6. The van der Waals surface area contributed by atoms with Gasteiger partial charge < -0.3 is 14.2 Å². The lowest BCUT2D eigenvalue weighted by Crippen LogP contribution is -2.30. The number of allylic oxidation sites excluding steroid dienone is 18. The van der Waals surface area contributed by atoms with Gasteiger partial charge in [-0.15, -0.1) is 0 Å². The van der Waals surface area contributed by atoms with E-state index in [1.54, 1.807) is 0 Å². The lowest BCUT2D eigenvalue weighted by atomic mass is 10.1. The highest BCUT2D eigenvalue weighted by atomic mass is 16.6. The molecule has 0 saturated heterocycles. The third-order valence-electron chi connectivity index (χ3n) is 12.0. The molecule has 0 amide bonds. The summed E-state index contributed by atoms with van der Waals surface area (Å²) in [5, 5.41) is 0. The number of hydrogen-bond donors (Lipinski definition) is 0. The number of carbonyl (C=O) groups is 3. The molecule has 0 spiro atoms. The Balaban J connectivity index is 4.09. The molecule has 1 unspecified atom stereocenters. The molecule has 6 heteroatoms. The van der Waals surface area contributed by atoms with E-state index in [4.69, 9.17) is 14.2 Å². The summed E-state index contributed by atoms with van der Waals surface area (Å²) in [4.78, 5) is 37.8. The van der Waals surface area contributed by atoms with E-state index in [1.807, 2.05) is 0 Å². The smallest absolute Gasteiger partial charge is 0.306 e. The van der Waals surface area contributed by atoms with Gasteiger partial charge in [-0.25, -0.2) is 0 Å². The Morgan fingerprint density at radius 1 is 0.300 bits per heavy atom. The van der Waals surface area contributed by atoms with E-state index in [1.165, 1.54) is 89.9 Å². The standard InChI is InChI=1S/C64H106O6/c1-4-7-10-13-16-18-20-22-23-24-25-26-27-28-29-30-31-32-33-34-35-36-37-38-39-40-41-43-44-46-48-51-54-57-63(66)69-60-61(59-68-62(65)56-53-50-15-12-9-6-3)70-64(67)58-55-52-49-47-45-42-21-19-17-14-11-8-5-2/h7,10,16,18-19,21-23,25-26,28-29,31-32,34-35,37-38,61H,4-6,8-9,11-15,17,20,24,27,30,33,36,39-60H2,1-3H3/b10-7-,18-16-,21-19-,23-22-,26-25-,29-28-,32-31-,35-34-,38-37-. The molecule has 0 N–H and O–H groups in total. The predicted molar refractivity (Wildman–Crippen MR) is 302 cm³/mol. The van der Waals surface area contributed by atoms with E-state index in [-0.39, 0.29) is 31.1 Å². The van der Waals surface area contributed by atoms with Crippen molar-refractivity contribution in [2.45, 2.75) is 264 Å². The van der Waals surface area contributed by atoms with Gasteiger partial charge >= 0.3 is 17.9 Å². The van der Waals surface area contributed by atoms with E-state index in [0.717, 1.165) is 128 Å². The number of carbonyl (C=O) groups excluding carboxylic acids is 3. The van der Waals surface area contributed by atoms with Crippen molar-refractivity contribution in [2.24, 2.45) is 0 Å². The van der Waals surface area contributed by atoms with Gasteiger partial charge in [0.15, 0.2) is 6.10 Å². The highest BCUT2D eigenvalue weighted by Crippen LogP contribution is 2.14. The molecule has 0 heterocycles. The van der Waals surface area contributed by atoms with E-state index >= 15 is 0 Å². The largest absolute Gasteiger partial charge is 0.462 e. The maximum absolute atomic E-state index is 12.7. The fraction of sp³-hybridized carbons (Fsp3) is 0.672. The van der Waals surface area contributed by atoms with Crippen molar-refractivity contribution in [2.75, 3.05) is 13.2 Å². The number of unbranched alkanes of at least 4 members (excludes halogenated alkanes) is 22. The molecule has 0 aromatic carbocycles. The minimum absolute atomic E-state index is 0.0836. The van der Waals surface area contributed by atoms with Crippen LogP contribution in [-0.2, 0) is 28.6 Å². The second-order valence-corrected chi connectivity index (χ2v) is 18.8. The van der Waals surface area contributed by atoms with Crippen molar-refractivity contribution < 1.29 is 28.6 Å². The molecule has 70 heavy (non-hydrogen) atoms. The Bertz CT molecular complexity index is 1440. The maximum Gasteiger partial charge on any atom is 0.306 e. The average Bonchev–Trinajstić information content (AvgIpc) is 3.36. The van der Waals surface area contributed by atoms with Crippen molar-refractivity contribution in [1.29, 1.82) is 0 Å². The number of esters is 3. The quantitative estimate of drug-likeness (QED) is 0.0262. The summed E-state index contributed by atoms with van der Waals surface area (Å²) in [6, 6.07) is 0. The number of rotatable bonds is 51. The number of hydrogen-bond acceptors (Lipinski definition) is 6. The fourth-order valence-corrected chi connectivity index (χ4v) is 7.69. The first-order chi connectivity index (χ1) is 34.5. The molecule has 0 aliphatic heterocycles. The topological polar surface area (TPSA) is 78.9 Å².